The van der Waals surface area contributed by atoms with Crippen LogP contribution in [0.1, 0.15) is 58.8 Å². The van der Waals surface area contributed by atoms with Crippen molar-refractivity contribution in [2.75, 3.05) is 19.6 Å². The molecule has 0 radical (unpaired) electrons. The van der Waals surface area contributed by atoms with Crippen LogP contribution in [-0.2, 0) is 4.79 Å². The van der Waals surface area contributed by atoms with Gasteiger partial charge in [0.1, 0.15) is 0 Å². The number of likely N-dealkylation sites (tertiary alicyclic amines) is 1. The number of amides is 1. The van der Waals surface area contributed by atoms with Crippen molar-refractivity contribution >= 4 is 5.91 Å². The van der Waals surface area contributed by atoms with Crippen molar-refractivity contribution < 1.29 is 4.79 Å². The highest BCUT2D eigenvalue weighted by atomic mass is 16.2. The Bertz CT molecular complexity index is 311. The van der Waals surface area contributed by atoms with Crippen molar-refractivity contribution in [3.05, 3.63) is 0 Å². The summed E-state index contributed by atoms with van der Waals surface area (Å²) in [6, 6.07) is 0. The van der Waals surface area contributed by atoms with Crippen LogP contribution in [0.5, 0.6) is 0 Å². The van der Waals surface area contributed by atoms with E-state index in [-0.39, 0.29) is 5.91 Å². The molecule has 1 aliphatic carbocycles. The monoisotopic (exact) mass is 267 g/mol. The lowest BCUT2D eigenvalue weighted by atomic mass is 9.68. The highest BCUT2D eigenvalue weighted by molar-refractivity contribution is 5.81. The van der Waals surface area contributed by atoms with Crippen molar-refractivity contribution in [3.63, 3.8) is 0 Å². The standard InChI is InChI=1S/C15H29N3O/c1-14(2,13(19)17-16)12-18-10-8-15(9-11-18)6-4-3-5-7-15/h3-12,16H2,1-2H3,(H,17,19). The van der Waals surface area contributed by atoms with Crippen molar-refractivity contribution in [1.29, 1.82) is 0 Å². The van der Waals surface area contributed by atoms with E-state index >= 15 is 0 Å². The first-order valence-electron chi connectivity index (χ1n) is 7.71. The van der Waals surface area contributed by atoms with E-state index in [9.17, 15) is 4.79 Å². The van der Waals surface area contributed by atoms with E-state index in [1.807, 2.05) is 13.8 Å². The molecule has 4 nitrogen and oxygen atoms in total. The van der Waals surface area contributed by atoms with Crippen LogP contribution in [0.2, 0.25) is 0 Å². The fourth-order valence-electron chi connectivity index (χ4n) is 3.81. The number of carbonyl (C=O) groups excluding carboxylic acids is 1. The average molecular weight is 267 g/mol. The molecule has 2 fully saturated rings. The molecule has 1 saturated carbocycles. The Kier molecular flexibility index (Phi) is 4.51. The normalized spacial score (nSPS) is 24.4. The van der Waals surface area contributed by atoms with Crippen LogP contribution in [0.25, 0.3) is 0 Å². The molecule has 0 aromatic rings. The summed E-state index contributed by atoms with van der Waals surface area (Å²) < 4.78 is 0. The van der Waals surface area contributed by atoms with Crippen LogP contribution in [0, 0.1) is 10.8 Å². The second-order valence-corrected chi connectivity index (χ2v) is 7.19. The maximum atomic E-state index is 11.7. The Labute approximate surface area is 117 Å². The smallest absolute Gasteiger partial charge is 0.240 e. The number of nitrogens with two attached hydrogens (primary N) is 1. The molecule has 0 atom stereocenters. The second kappa shape index (κ2) is 5.80. The first-order valence-corrected chi connectivity index (χ1v) is 7.71. The van der Waals surface area contributed by atoms with Gasteiger partial charge in [-0.05, 0) is 58.0 Å². The fraction of sp³-hybridized carbons (Fsp3) is 0.933. The lowest BCUT2D eigenvalue weighted by molar-refractivity contribution is -0.130. The molecule has 19 heavy (non-hydrogen) atoms. The van der Waals surface area contributed by atoms with Crippen molar-refractivity contribution in [2.45, 2.75) is 58.8 Å². The van der Waals surface area contributed by atoms with E-state index in [2.05, 4.69) is 10.3 Å². The molecule has 0 aromatic heterocycles. The van der Waals surface area contributed by atoms with Crippen molar-refractivity contribution in [1.82, 2.24) is 10.3 Å². The quantitative estimate of drug-likeness (QED) is 0.467. The van der Waals surface area contributed by atoms with Gasteiger partial charge in [0.25, 0.3) is 0 Å². The van der Waals surface area contributed by atoms with Crippen molar-refractivity contribution in [3.8, 4) is 0 Å². The zero-order chi connectivity index (χ0) is 13.9. The average Bonchev–Trinajstić information content (AvgIpc) is 2.41. The first kappa shape index (κ1) is 14.8. The number of hydrazine groups is 1. The molecule has 1 spiro atoms. The number of piperidine rings is 1. The van der Waals surface area contributed by atoms with E-state index in [1.54, 1.807) is 0 Å². The maximum absolute atomic E-state index is 11.7. The third kappa shape index (κ3) is 3.48. The summed E-state index contributed by atoms with van der Waals surface area (Å²) in [5.41, 5.74) is 2.52. The fourth-order valence-corrected chi connectivity index (χ4v) is 3.81. The highest BCUT2D eigenvalue weighted by Gasteiger charge is 2.37. The van der Waals surface area contributed by atoms with Crippen LogP contribution < -0.4 is 11.3 Å². The zero-order valence-electron chi connectivity index (χ0n) is 12.5. The Hall–Kier alpha value is -0.610. The number of nitrogens with one attached hydrogen (secondary N) is 1. The molecule has 1 heterocycles. The minimum Gasteiger partial charge on any atom is -0.302 e. The SMILES string of the molecule is CC(C)(CN1CCC2(CCCCC2)CC1)C(=O)NN. The summed E-state index contributed by atoms with van der Waals surface area (Å²) in [6.45, 7) is 7.04. The molecule has 1 amide bonds. The van der Waals surface area contributed by atoms with Gasteiger partial charge in [-0.1, -0.05) is 19.3 Å². The minimum atomic E-state index is -0.397. The van der Waals surface area contributed by atoms with Crippen molar-refractivity contribution in [2.24, 2.45) is 16.7 Å². The van der Waals surface area contributed by atoms with Gasteiger partial charge >= 0.3 is 0 Å². The predicted molar refractivity (Wildman–Crippen MR) is 77.3 cm³/mol. The van der Waals surface area contributed by atoms with Crippen LogP contribution in [0.3, 0.4) is 0 Å². The van der Waals surface area contributed by atoms with Crippen LogP contribution in [0.4, 0.5) is 0 Å². The van der Waals surface area contributed by atoms with E-state index in [1.165, 1.54) is 44.9 Å². The Balaban J connectivity index is 1.84. The van der Waals surface area contributed by atoms with Crippen LogP contribution in [-0.4, -0.2) is 30.4 Å². The summed E-state index contributed by atoms with van der Waals surface area (Å²) in [7, 11) is 0. The van der Waals surface area contributed by atoms with E-state index in [4.69, 9.17) is 5.84 Å². The third-order valence-electron chi connectivity index (χ3n) is 5.20. The summed E-state index contributed by atoms with van der Waals surface area (Å²) in [6.07, 6.45) is 9.74. The van der Waals surface area contributed by atoms with Gasteiger partial charge in [-0.2, -0.15) is 0 Å². The van der Waals surface area contributed by atoms with E-state index in [0.29, 0.717) is 5.41 Å². The molecule has 0 bridgehead atoms. The first-order chi connectivity index (χ1) is 8.97. The minimum absolute atomic E-state index is 0.0644. The summed E-state index contributed by atoms with van der Waals surface area (Å²) >= 11 is 0. The van der Waals surface area contributed by atoms with E-state index in [0.717, 1.165) is 19.6 Å². The molecular formula is C15H29N3O. The number of hydrogen-bond donors (Lipinski definition) is 2. The molecule has 2 rings (SSSR count). The summed E-state index contributed by atoms with van der Waals surface area (Å²) in [5.74, 6) is 5.19. The molecular weight excluding hydrogens is 238 g/mol. The van der Waals surface area contributed by atoms with Gasteiger partial charge < -0.3 is 4.90 Å². The van der Waals surface area contributed by atoms with Gasteiger partial charge in [-0.15, -0.1) is 0 Å². The second-order valence-electron chi connectivity index (χ2n) is 7.19. The van der Waals surface area contributed by atoms with Gasteiger partial charge in [-0.3, -0.25) is 10.2 Å². The Morgan fingerprint density at radius 2 is 1.74 bits per heavy atom. The largest absolute Gasteiger partial charge is 0.302 e. The molecule has 0 aromatic carbocycles. The zero-order valence-corrected chi connectivity index (χ0v) is 12.5. The van der Waals surface area contributed by atoms with Gasteiger partial charge in [0.15, 0.2) is 0 Å². The van der Waals surface area contributed by atoms with Gasteiger partial charge in [-0.25, -0.2) is 5.84 Å². The topological polar surface area (TPSA) is 58.4 Å². The van der Waals surface area contributed by atoms with Gasteiger partial charge in [0.2, 0.25) is 5.91 Å². The van der Waals surface area contributed by atoms with Crippen LogP contribution >= 0.6 is 0 Å². The number of nitrogens with zero attached hydrogens (tertiary/aromatic N) is 1. The Morgan fingerprint density at radius 3 is 2.26 bits per heavy atom. The Morgan fingerprint density at radius 1 is 1.16 bits per heavy atom. The molecule has 110 valence electrons. The summed E-state index contributed by atoms with van der Waals surface area (Å²) in [5, 5.41) is 0. The van der Waals surface area contributed by atoms with E-state index < -0.39 is 5.41 Å². The predicted octanol–water partition coefficient (Wildman–Crippen LogP) is 2.05. The third-order valence-corrected chi connectivity index (χ3v) is 5.20. The maximum Gasteiger partial charge on any atom is 0.240 e. The molecule has 3 N–H and O–H groups in total. The lowest BCUT2D eigenvalue weighted by Gasteiger charge is -2.45. The number of hydrogen-bond acceptors (Lipinski definition) is 3. The van der Waals surface area contributed by atoms with Crippen LogP contribution in [0.15, 0.2) is 0 Å². The molecule has 1 saturated heterocycles. The number of rotatable bonds is 3. The summed E-state index contributed by atoms with van der Waals surface area (Å²) in [4.78, 5) is 14.2. The molecule has 2 aliphatic rings. The van der Waals surface area contributed by atoms with Gasteiger partial charge in [0.05, 0.1) is 5.41 Å². The van der Waals surface area contributed by atoms with Gasteiger partial charge in [0, 0.05) is 6.54 Å². The highest BCUT2D eigenvalue weighted by Crippen LogP contribution is 2.44. The lowest BCUT2D eigenvalue weighted by Crippen LogP contribution is -2.50. The molecule has 0 unspecified atom stereocenters. The molecule has 4 heteroatoms. The number of carbonyl (C=O) groups is 1. The molecule has 1 aliphatic heterocycles.